The molecule has 3 saturated carbocycles. The highest BCUT2D eigenvalue weighted by atomic mass is 19.4. The van der Waals surface area contributed by atoms with Crippen LogP contribution in [0.5, 0.6) is 0 Å². The van der Waals surface area contributed by atoms with Gasteiger partial charge in [-0.3, -0.25) is 9.59 Å². The molecule has 240 valence electrons. The van der Waals surface area contributed by atoms with Crippen LogP contribution in [0.3, 0.4) is 0 Å². The summed E-state index contributed by atoms with van der Waals surface area (Å²) in [6.07, 6.45) is -0.330. The van der Waals surface area contributed by atoms with Crippen molar-refractivity contribution in [2.45, 2.75) is 83.0 Å². The van der Waals surface area contributed by atoms with Crippen molar-refractivity contribution in [3.05, 3.63) is 41.5 Å². The minimum Gasteiger partial charge on any atom is -0.393 e. The molecule has 2 aromatic rings. The number of nitrogens with one attached hydrogen (secondary N) is 3. The number of halogens is 5. The second-order valence-corrected chi connectivity index (χ2v) is 11.9. The lowest BCUT2D eigenvalue weighted by Crippen LogP contribution is -2.40. The number of aromatic amines is 1. The second kappa shape index (κ2) is 13.4. The number of carbonyl (C=O) groups excluding carboxylic acids is 2. The molecule has 0 radical (unpaired) electrons. The summed E-state index contributed by atoms with van der Waals surface area (Å²) in [4.78, 5) is 31.4. The molecule has 1 heterocycles. The second-order valence-electron chi connectivity index (χ2n) is 11.9. The first-order chi connectivity index (χ1) is 20.7. The van der Waals surface area contributed by atoms with E-state index in [1.54, 1.807) is 18.2 Å². The molecule has 44 heavy (non-hydrogen) atoms. The van der Waals surface area contributed by atoms with Crippen LogP contribution in [-0.2, 0) is 22.7 Å². The summed E-state index contributed by atoms with van der Waals surface area (Å²) in [7, 11) is 0. The molecule has 3 unspecified atom stereocenters. The highest BCUT2D eigenvalue weighted by molar-refractivity contribution is 5.92. The van der Waals surface area contributed by atoms with Crippen LogP contribution in [0.4, 0.5) is 22.0 Å². The van der Waals surface area contributed by atoms with Gasteiger partial charge in [-0.2, -0.15) is 18.4 Å². The Labute approximate surface area is 251 Å². The first-order valence-corrected chi connectivity index (χ1v) is 14.5. The van der Waals surface area contributed by atoms with Crippen molar-refractivity contribution in [1.29, 1.82) is 5.26 Å². The van der Waals surface area contributed by atoms with E-state index < -0.39 is 36.8 Å². The van der Waals surface area contributed by atoms with Crippen LogP contribution in [0.1, 0.15) is 69.2 Å². The van der Waals surface area contributed by atoms with E-state index in [9.17, 15) is 31.5 Å². The molecular weight excluding hydrogens is 587 g/mol. The minimum atomic E-state index is -4.37. The van der Waals surface area contributed by atoms with Gasteiger partial charge in [0.1, 0.15) is 11.5 Å². The number of carbonyl (C=O) groups is 2. The Hall–Kier alpha value is -3.93. The Kier molecular flexibility index (Phi) is 10.0. The molecule has 1 aromatic carbocycles. The van der Waals surface area contributed by atoms with Gasteiger partial charge in [-0.05, 0) is 54.7 Å². The Morgan fingerprint density at radius 2 is 1.89 bits per heavy atom. The fourth-order valence-electron chi connectivity index (χ4n) is 5.81. The van der Waals surface area contributed by atoms with Gasteiger partial charge < -0.3 is 26.4 Å². The Morgan fingerprint density at radius 1 is 1.16 bits per heavy atom. The van der Waals surface area contributed by atoms with Gasteiger partial charge in [-0.25, -0.2) is 19.6 Å². The lowest BCUT2D eigenvalue weighted by Gasteiger charge is -2.33. The van der Waals surface area contributed by atoms with Gasteiger partial charge in [0.2, 0.25) is 11.8 Å². The predicted molar refractivity (Wildman–Crippen MR) is 151 cm³/mol. The molecule has 1 aromatic heterocycles. The van der Waals surface area contributed by atoms with E-state index in [2.05, 4.69) is 26.7 Å². The number of H-pyrrole nitrogens is 1. The van der Waals surface area contributed by atoms with Crippen LogP contribution in [-0.4, -0.2) is 45.4 Å². The zero-order valence-electron chi connectivity index (χ0n) is 24.2. The molecule has 10 nitrogen and oxygen atoms in total. The third-order valence-corrected chi connectivity index (χ3v) is 8.32. The SMILES string of the molecule is FC1(F)CCCCC1.N#CC1CC2(CN(N)/C=C(\N)C(=O)NCc3nc4ccc(CNC(=O)CCC(F)(F)F)cc4[nH]3)CC12. The normalized spacial score (nSPS) is 23.7. The number of alkyl halides is 5. The lowest BCUT2D eigenvalue weighted by molar-refractivity contribution is -0.144. The monoisotopic (exact) mass is 624 g/mol. The van der Waals surface area contributed by atoms with Crippen LogP contribution in [0.25, 0.3) is 11.0 Å². The number of fused-ring (bicyclic) bond motifs is 2. The Morgan fingerprint density at radius 3 is 2.50 bits per heavy atom. The van der Waals surface area contributed by atoms with E-state index in [0.29, 0.717) is 47.7 Å². The molecule has 5 rings (SSSR count). The molecule has 0 aliphatic heterocycles. The maximum absolute atomic E-state index is 12.4. The van der Waals surface area contributed by atoms with Crippen molar-refractivity contribution in [2.24, 2.45) is 28.8 Å². The average molecular weight is 625 g/mol. The van der Waals surface area contributed by atoms with E-state index >= 15 is 0 Å². The highest BCUT2D eigenvalue weighted by Gasteiger charge is 2.67. The number of imidazole rings is 1. The third kappa shape index (κ3) is 9.04. The van der Waals surface area contributed by atoms with Crippen molar-refractivity contribution >= 4 is 22.8 Å². The van der Waals surface area contributed by atoms with Gasteiger partial charge in [0.15, 0.2) is 0 Å². The topological polar surface area (TPSA) is 166 Å². The van der Waals surface area contributed by atoms with E-state index in [-0.39, 0.29) is 43.0 Å². The van der Waals surface area contributed by atoms with Crippen molar-refractivity contribution < 1.29 is 31.5 Å². The van der Waals surface area contributed by atoms with Gasteiger partial charge in [0.05, 0.1) is 36.0 Å². The minimum absolute atomic E-state index is 0.0538. The Bertz CT molecular complexity index is 1410. The van der Waals surface area contributed by atoms with E-state index in [0.717, 1.165) is 19.3 Å². The van der Waals surface area contributed by atoms with Crippen LogP contribution < -0.4 is 22.2 Å². The zero-order valence-corrected chi connectivity index (χ0v) is 24.2. The summed E-state index contributed by atoms with van der Waals surface area (Å²) in [5.74, 6) is 3.43. The molecule has 3 atom stereocenters. The molecule has 0 spiro atoms. The fourth-order valence-corrected chi connectivity index (χ4v) is 5.81. The van der Waals surface area contributed by atoms with Gasteiger partial charge in [-0.15, -0.1) is 0 Å². The molecule has 0 saturated heterocycles. The number of hydrogen-bond acceptors (Lipinski definition) is 7. The molecule has 2 amide bonds. The maximum Gasteiger partial charge on any atom is 0.389 e. The molecule has 0 bridgehead atoms. The van der Waals surface area contributed by atoms with Gasteiger partial charge in [0.25, 0.3) is 5.91 Å². The largest absolute Gasteiger partial charge is 0.393 e. The Balaban J connectivity index is 0.000000479. The van der Waals surface area contributed by atoms with Crippen molar-refractivity contribution in [3.63, 3.8) is 0 Å². The smallest absolute Gasteiger partial charge is 0.389 e. The standard InChI is InChI=1S/C23H27F3N8O2.C6H10F2/c24-23(25,26)4-3-20(35)30-9-13-1-2-17-18(5-13)33-19(32-17)10-31-21(36)16(28)11-34(29)12-22-6-14(8-27)15(22)7-22;7-6(8)4-2-1-3-5-6/h1-2,5,11,14-15H,3-4,6-7,9-10,12,28-29H2,(H,30,35)(H,31,36)(H,32,33);1-5H2/b16-11-;. The zero-order chi connectivity index (χ0) is 32.1. The van der Waals surface area contributed by atoms with Crippen LogP contribution >= 0.6 is 0 Å². The fraction of sp³-hybridized carbons (Fsp3) is 0.586. The predicted octanol–water partition coefficient (Wildman–Crippen LogP) is 4.25. The molecule has 3 aliphatic rings. The maximum atomic E-state index is 12.4. The van der Waals surface area contributed by atoms with Crippen molar-refractivity contribution in [2.75, 3.05) is 6.54 Å². The van der Waals surface area contributed by atoms with Crippen molar-refractivity contribution in [3.8, 4) is 6.07 Å². The lowest BCUT2D eigenvalue weighted by atomic mass is 9.75. The first-order valence-electron chi connectivity index (χ1n) is 14.5. The summed E-state index contributed by atoms with van der Waals surface area (Å²) < 4.78 is 61.1. The summed E-state index contributed by atoms with van der Waals surface area (Å²) in [6.45, 7) is 0.693. The number of rotatable bonds is 10. The number of nitrogens with zero attached hydrogens (tertiary/aromatic N) is 3. The van der Waals surface area contributed by atoms with Crippen molar-refractivity contribution in [1.82, 2.24) is 25.6 Å². The summed E-state index contributed by atoms with van der Waals surface area (Å²) >= 11 is 0. The van der Waals surface area contributed by atoms with Crippen LogP contribution in [0.2, 0.25) is 0 Å². The van der Waals surface area contributed by atoms with E-state index in [1.165, 1.54) is 11.2 Å². The number of aromatic nitrogens is 2. The molecule has 3 fully saturated rings. The number of amides is 2. The van der Waals surface area contributed by atoms with E-state index in [4.69, 9.17) is 16.8 Å². The summed E-state index contributed by atoms with van der Waals surface area (Å²) in [5.41, 5.74) is 7.84. The first kappa shape index (κ1) is 33.0. The van der Waals surface area contributed by atoms with Gasteiger partial charge in [0, 0.05) is 38.6 Å². The number of nitrogens with two attached hydrogens (primary N) is 2. The van der Waals surface area contributed by atoms with Crippen LogP contribution in [0.15, 0.2) is 30.1 Å². The number of nitriles is 1. The summed E-state index contributed by atoms with van der Waals surface area (Å²) in [5, 5.41) is 15.5. The molecular formula is C29H37F5N8O2. The third-order valence-electron chi connectivity index (χ3n) is 8.32. The highest BCUT2D eigenvalue weighted by Crippen LogP contribution is 2.70. The number of hydrogen-bond donors (Lipinski definition) is 5. The average Bonchev–Trinajstić information content (AvgIpc) is 3.30. The molecule has 7 N–H and O–H groups in total. The van der Waals surface area contributed by atoms with E-state index in [1.807, 2.05) is 0 Å². The quantitative estimate of drug-likeness (QED) is 0.114. The molecule has 15 heteroatoms. The summed E-state index contributed by atoms with van der Waals surface area (Å²) in [6, 6.07) is 7.42. The molecule has 3 aliphatic carbocycles. The van der Waals surface area contributed by atoms with Gasteiger partial charge in [-0.1, -0.05) is 12.5 Å². The number of benzene rings is 1. The van der Waals surface area contributed by atoms with Crippen LogP contribution in [0, 0.1) is 28.6 Å². The number of hydrazine groups is 1. The van der Waals surface area contributed by atoms with Gasteiger partial charge >= 0.3 is 6.18 Å².